The topological polar surface area (TPSA) is 6.48 Å². The van der Waals surface area contributed by atoms with Crippen LogP contribution in [0.3, 0.4) is 0 Å². The average Bonchev–Trinajstić information content (AvgIpc) is 1.69. The second-order valence-corrected chi connectivity index (χ2v) is 25.5. The number of rotatable bonds is 0. The molecule has 0 unspecified atom stereocenters. The molecule has 0 aromatic rings. The second kappa shape index (κ2) is 3.71. The number of hydrogen-bond donors (Lipinski definition) is 0. The van der Waals surface area contributed by atoms with E-state index < -0.39 is 27.3 Å². The Morgan fingerprint density at radius 1 is 0.750 bits per heavy atom. The van der Waals surface area contributed by atoms with Gasteiger partial charge in [-0.15, -0.1) is 0 Å². The fourth-order valence-electron chi connectivity index (χ4n) is 4.78. The van der Waals surface area contributed by atoms with Gasteiger partial charge in [-0.25, -0.2) is 0 Å². The Kier molecular flexibility index (Phi) is 3.48. The van der Waals surface area contributed by atoms with Crippen molar-refractivity contribution in [1.82, 2.24) is 5.57 Å². The minimum atomic E-state index is -2.19. The molecule has 96 valence electrons. The standard InChI is InChI=1S/C10H24N2Si.2CH3.Sn/c1-9(2,3)11-13(7,8)12-10(4,5)6;;;/h1-8H3;2*1H3;/q-2;;;+2. The van der Waals surface area contributed by atoms with Crippen LogP contribution in [-0.2, 0) is 0 Å². The SMILES string of the molecule is CC(C)(C)[N]1[Si](C)(C)[N](C(C)(C)C)[Sn]1([CH3])[CH3]. The first-order chi connectivity index (χ1) is 6.73. The van der Waals surface area contributed by atoms with Crippen LogP contribution in [-0.4, -0.2) is 44.0 Å². The van der Waals surface area contributed by atoms with Crippen LogP contribution in [0.1, 0.15) is 41.5 Å². The summed E-state index contributed by atoms with van der Waals surface area (Å²) in [5.41, 5.74) is 0.716. The van der Waals surface area contributed by atoms with Gasteiger partial charge in [-0.05, 0) is 0 Å². The number of nitrogens with zero attached hydrogens (tertiary/aromatic N) is 2. The molecule has 0 spiro atoms. The summed E-state index contributed by atoms with van der Waals surface area (Å²) < 4.78 is 5.92. The molecule has 0 aromatic heterocycles. The molecule has 0 radical (unpaired) electrons. The van der Waals surface area contributed by atoms with Gasteiger partial charge in [0.25, 0.3) is 0 Å². The fourth-order valence-corrected chi connectivity index (χ4v) is 45.2. The van der Waals surface area contributed by atoms with Crippen molar-refractivity contribution in [2.45, 2.75) is 75.6 Å². The Hall–Kier alpha value is 0.936. The third-order valence-electron chi connectivity index (χ3n) is 3.53. The van der Waals surface area contributed by atoms with Crippen LogP contribution in [0.15, 0.2) is 0 Å². The fraction of sp³-hybridized carbons (Fsp3) is 1.00. The average molecular weight is 349 g/mol. The van der Waals surface area contributed by atoms with Crippen molar-refractivity contribution in [3.63, 3.8) is 0 Å². The van der Waals surface area contributed by atoms with Crippen LogP contribution < -0.4 is 0 Å². The van der Waals surface area contributed by atoms with Gasteiger partial charge in [-0.1, -0.05) is 0 Å². The van der Waals surface area contributed by atoms with E-state index in [4.69, 9.17) is 0 Å². The molecule has 1 saturated heterocycles. The molecule has 1 fully saturated rings. The summed E-state index contributed by atoms with van der Waals surface area (Å²) in [6.07, 6.45) is 0. The van der Waals surface area contributed by atoms with Gasteiger partial charge in [-0.2, -0.15) is 0 Å². The monoisotopic (exact) mass is 350 g/mol. The minimum absolute atomic E-state index is 0.358. The Morgan fingerprint density at radius 2 is 1.00 bits per heavy atom. The van der Waals surface area contributed by atoms with Crippen molar-refractivity contribution in [2.24, 2.45) is 0 Å². The molecule has 16 heavy (non-hydrogen) atoms. The van der Waals surface area contributed by atoms with Crippen molar-refractivity contribution in [3.8, 4) is 0 Å². The molecular formula is C12H30N2SiSn. The molecule has 0 aromatic carbocycles. The summed E-state index contributed by atoms with van der Waals surface area (Å²) in [5, 5.41) is 0. The molecule has 0 saturated carbocycles. The molecular weight excluding hydrogens is 319 g/mol. The van der Waals surface area contributed by atoms with Crippen LogP contribution >= 0.6 is 0 Å². The van der Waals surface area contributed by atoms with Crippen LogP contribution in [0, 0.1) is 0 Å². The molecule has 0 atom stereocenters. The van der Waals surface area contributed by atoms with E-state index in [-0.39, 0.29) is 0 Å². The molecule has 0 amide bonds. The normalized spacial score (nSPS) is 26.6. The molecule has 2 nitrogen and oxygen atoms in total. The zero-order valence-corrected chi connectivity index (χ0v) is 16.7. The summed E-state index contributed by atoms with van der Waals surface area (Å²) in [6.45, 7) is 19.4. The van der Waals surface area contributed by atoms with Crippen molar-refractivity contribution in [2.75, 3.05) is 0 Å². The van der Waals surface area contributed by atoms with E-state index in [1.54, 1.807) is 0 Å². The predicted molar refractivity (Wildman–Crippen MR) is 78.1 cm³/mol. The molecule has 0 N–H and O–H groups in total. The van der Waals surface area contributed by atoms with Crippen molar-refractivity contribution in [3.05, 3.63) is 0 Å². The van der Waals surface area contributed by atoms with Gasteiger partial charge < -0.3 is 0 Å². The Labute approximate surface area is 108 Å². The first kappa shape index (κ1) is 15.0. The summed E-state index contributed by atoms with van der Waals surface area (Å²) in [7, 11) is -1.36. The van der Waals surface area contributed by atoms with Crippen molar-refractivity contribution in [1.29, 1.82) is 0 Å². The zero-order valence-electron chi connectivity index (χ0n) is 12.9. The van der Waals surface area contributed by atoms with Crippen molar-refractivity contribution < 1.29 is 0 Å². The predicted octanol–water partition coefficient (Wildman–Crippen LogP) is 3.60. The third-order valence-corrected chi connectivity index (χ3v) is 33.8. The first-order valence-electron chi connectivity index (χ1n) is 6.34. The molecule has 0 aliphatic carbocycles. The van der Waals surface area contributed by atoms with E-state index in [0.717, 1.165) is 0 Å². The number of hydrogen-bond acceptors (Lipinski definition) is 2. The molecule has 1 aliphatic heterocycles. The van der Waals surface area contributed by atoms with E-state index in [2.05, 4.69) is 70.1 Å². The van der Waals surface area contributed by atoms with Crippen LogP contribution in [0.2, 0.25) is 23.0 Å². The van der Waals surface area contributed by atoms with Gasteiger partial charge in [-0.3, -0.25) is 0 Å². The van der Waals surface area contributed by atoms with Gasteiger partial charge in [0.1, 0.15) is 0 Å². The van der Waals surface area contributed by atoms with Gasteiger partial charge in [0.2, 0.25) is 0 Å². The van der Waals surface area contributed by atoms with Crippen LogP contribution in [0.5, 0.6) is 0 Å². The van der Waals surface area contributed by atoms with E-state index in [0.29, 0.717) is 11.1 Å². The van der Waals surface area contributed by atoms with Gasteiger partial charge in [0.05, 0.1) is 0 Å². The van der Waals surface area contributed by atoms with Crippen LogP contribution in [0.4, 0.5) is 0 Å². The second-order valence-electron chi connectivity index (χ2n) is 8.00. The molecule has 4 heteroatoms. The summed E-state index contributed by atoms with van der Waals surface area (Å²) in [6, 6.07) is 0. The summed E-state index contributed by atoms with van der Waals surface area (Å²) >= 11 is -2.19. The van der Waals surface area contributed by atoms with Gasteiger partial charge in [0.15, 0.2) is 0 Å². The van der Waals surface area contributed by atoms with Gasteiger partial charge in [0, 0.05) is 0 Å². The zero-order chi connectivity index (χ0) is 13.2. The van der Waals surface area contributed by atoms with E-state index in [1.807, 2.05) is 0 Å². The quantitative estimate of drug-likeness (QED) is 0.617. The molecule has 0 bridgehead atoms. The maximum absolute atomic E-state index is 2.96. The van der Waals surface area contributed by atoms with E-state index in [1.165, 1.54) is 0 Å². The summed E-state index contributed by atoms with van der Waals surface area (Å²) in [5.74, 6) is 0. The Balaban J connectivity index is 3.15. The Morgan fingerprint density at radius 3 is 1.12 bits per heavy atom. The van der Waals surface area contributed by atoms with E-state index in [9.17, 15) is 0 Å². The molecule has 1 rings (SSSR count). The first-order valence-corrected chi connectivity index (χ1v) is 17.5. The van der Waals surface area contributed by atoms with E-state index >= 15 is 0 Å². The molecule has 1 aliphatic rings. The van der Waals surface area contributed by atoms with Gasteiger partial charge >= 0.3 is 108 Å². The van der Waals surface area contributed by atoms with Crippen molar-refractivity contribution >= 4 is 27.3 Å². The summed E-state index contributed by atoms with van der Waals surface area (Å²) in [4.78, 5) is 5.15. The maximum atomic E-state index is 2.96. The molecule has 1 heterocycles. The third kappa shape index (κ3) is 2.13. The van der Waals surface area contributed by atoms with Crippen LogP contribution in [0.25, 0.3) is 0 Å². The Bertz CT molecular complexity index is 244.